The summed E-state index contributed by atoms with van der Waals surface area (Å²) in [6.45, 7) is 1.09. The maximum Gasteiger partial charge on any atom is 0.162 e. The van der Waals surface area contributed by atoms with Gasteiger partial charge in [-0.15, -0.1) is 10.2 Å². The zero-order valence-corrected chi connectivity index (χ0v) is 13.8. The van der Waals surface area contributed by atoms with Gasteiger partial charge < -0.3 is 14.8 Å². The summed E-state index contributed by atoms with van der Waals surface area (Å²) >= 11 is 5.77. The molecule has 4 rings (SSSR count). The second kappa shape index (κ2) is 6.57. The van der Waals surface area contributed by atoms with E-state index in [1.807, 2.05) is 24.3 Å². The van der Waals surface area contributed by atoms with E-state index in [-0.39, 0.29) is 5.02 Å². The molecule has 0 unspecified atom stereocenters. The monoisotopic (exact) mass is 357 g/mol. The third-order valence-electron chi connectivity index (χ3n) is 3.69. The average Bonchev–Trinajstić information content (AvgIpc) is 2.65. The maximum atomic E-state index is 13.2. The van der Waals surface area contributed by atoms with Crippen LogP contribution < -0.4 is 14.8 Å². The molecule has 2 heterocycles. The first-order valence-electron chi connectivity index (χ1n) is 7.65. The van der Waals surface area contributed by atoms with E-state index in [1.54, 1.807) is 12.1 Å². The Bertz CT molecular complexity index is 919. The number of anilines is 2. The van der Waals surface area contributed by atoms with Crippen LogP contribution in [0.1, 0.15) is 0 Å². The lowest BCUT2D eigenvalue weighted by molar-refractivity contribution is 0.171. The molecule has 25 heavy (non-hydrogen) atoms. The number of halogens is 2. The summed E-state index contributed by atoms with van der Waals surface area (Å²) in [5, 5.41) is 11.4. The molecule has 3 aromatic rings. The molecule has 0 bridgehead atoms. The molecule has 0 saturated carbocycles. The first kappa shape index (κ1) is 15.7. The standard InChI is InChI=1S/C18H13ClFN3O2/c19-13-10-12(2-3-14(13)20)21-18-6-4-15(22-23-18)11-1-5-16-17(9-11)25-8-7-24-16/h1-6,9-10H,7-8H2,(H,21,23). The third kappa shape index (κ3) is 3.34. The molecule has 1 aliphatic heterocycles. The highest BCUT2D eigenvalue weighted by Gasteiger charge is 2.13. The van der Waals surface area contributed by atoms with Gasteiger partial charge in [0, 0.05) is 11.3 Å². The summed E-state index contributed by atoms with van der Waals surface area (Å²) in [6.07, 6.45) is 0. The number of hydrogen-bond donors (Lipinski definition) is 1. The molecular formula is C18H13ClFN3O2. The minimum atomic E-state index is -0.466. The minimum absolute atomic E-state index is 0.0471. The number of rotatable bonds is 3. The Labute approximate surface area is 148 Å². The molecule has 126 valence electrons. The molecule has 7 heteroatoms. The van der Waals surface area contributed by atoms with E-state index in [1.165, 1.54) is 12.1 Å². The molecule has 0 atom stereocenters. The molecule has 0 aliphatic carbocycles. The molecule has 0 radical (unpaired) electrons. The predicted octanol–water partition coefficient (Wildman–Crippen LogP) is 4.45. The fourth-order valence-electron chi connectivity index (χ4n) is 2.48. The van der Waals surface area contributed by atoms with Gasteiger partial charge in [0.15, 0.2) is 17.3 Å². The van der Waals surface area contributed by atoms with Crippen molar-refractivity contribution in [3.05, 3.63) is 59.4 Å². The molecule has 1 aromatic heterocycles. The molecule has 0 amide bonds. The Morgan fingerprint density at radius 3 is 2.52 bits per heavy atom. The highest BCUT2D eigenvalue weighted by Crippen LogP contribution is 2.34. The van der Waals surface area contributed by atoms with Gasteiger partial charge in [0.1, 0.15) is 19.0 Å². The van der Waals surface area contributed by atoms with Crippen LogP contribution in [0.25, 0.3) is 11.3 Å². The van der Waals surface area contributed by atoms with Gasteiger partial charge >= 0.3 is 0 Å². The fraction of sp³-hybridized carbons (Fsp3) is 0.111. The van der Waals surface area contributed by atoms with Gasteiger partial charge in [0.05, 0.1) is 10.7 Å². The van der Waals surface area contributed by atoms with Crippen LogP contribution in [0.3, 0.4) is 0 Å². The van der Waals surface area contributed by atoms with Gasteiger partial charge in [-0.3, -0.25) is 0 Å². The summed E-state index contributed by atoms with van der Waals surface area (Å²) in [6, 6.07) is 13.6. The molecule has 5 nitrogen and oxygen atoms in total. The molecule has 0 spiro atoms. The summed E-state index contributed by atoms with van der Waals surface area (Å²) in [5.74, 6) is 1.50. The number of aromatic nitrogens is 2. The molecule has 0 saturated heterocycles. The van der Waals surface area contributed by atoms with E-state index in [0.717, 1.165) is 11.3 Å². The quantitative estimate of drug-likeness (QED) is 0.750. The van der Waals surface area contributed by atoms with Crippen molar-refractivity contribution in [3.8, 4) is 22.8 Å². The zero-order chi connectivity index (χ0) is 17.2. The van der Waals surface area contributed by atoms with Crippen LogP contribution >= 0.6 is 11.6 Å². The van der Waals surface area contributed by atoms with Crippen molar-refractivity contribution < 1.29 is 13.9 Å². The normalized spacial score (nSPS) is 12.7. The Morgan fingerprint density at radius 1 is 0.920 bits per heavy atom. The number of hydrogen-bond acceptors (Lipinski definition) is 5. The second-order valence-corrected chi connectivity index (χ2v) is 5.82. The number of benzene rings is 2. The second-order valence-electron chi connectivity index (χ2n) is 5.42. The van der Waals surface area contributed by atoms with E-state index in [0.29, 0.717) is 36.2 Å². The lowest BCUT2D eigenvalue weighted by atomic mass is 10.1. The van der Waals surface area contributed by atoms with Crippen molar-refractivity contribution in [2.24, 2.45) is 0 Å². The van der Waals surface area contributed by atoms with E-state index in [2.05, 4.69) is 15.5 Å². The van der Waals surface area contributed by atoms with Crippen molar-refractivity contribution in [2.75, 3.05) is 18.5 Å². The van der Waals surface area contributed by atoms with Crippen molar-refractivity contribution in [3.63, 3.8) is 0 Å². The van der Waals surface area contributed by atoms with Crippen LogP contribution in [-0.2, 0) is 0 Å². The van der Waals surface area contributed by atoms with Gasteiger partial charge in [-0.05, 0) is 48.5 Å². The number of nitrogens with zero attached hydrogens (tertiary/aromatic N) is 2. The van der Waals surface area contributed by atoms with Crippen LogP contribution in [0.5, 0.6) is 11.5 Å². The maximum absolute atomic E-state index is 13.2. The van der Waals surface area contributed by atoms with E-state index < -0.39 is 5.82 Å². The third-order valence-corrected chi connectivity index (χ3v) is 3.98. The molecule has 1 aliphatic rings. The van der Waals surface area contributed by atoms with E-state index >= 15 is 0 Å². The van der Waals surface area contributed by atoms with Gasteiger partial charge in [0.2, 0.25) is 0 Å². The van der Waals surface area contributed by atoms with Crippen LogP contribution in [0.2, 0.25) is 5.02 Å². The smallest absolute Gasteiger partial charge is 0.162 e. The minimum Gasteiger partial charge on any atom is -0.486 e. The van der Waals surface area contributed by atoms with Crippen molar-refractivity contribution in [1.82, 2.24) is 10.2 Å². The predicted molar refractivity (Wildman–Crippen MR) is 93.2 cm³/mol. The van der Waals surface area contributed by atoms with Crippen molar-refractivity contribution in [2.45, 2.75) is 0 Å². The Morgan fingerprint density at radius 2 is 1.76 bits per heavy atom. The summed E-state index contributed by atoms with van der Waals surface area (Å²) < 4.78 is 24.3. The van der Waals surface area contributed by atoms with Crippen LogP contribution in [0, 0.1) is 5.82 Å². The lowest BCUT2D eigenvalue weighted by Crippen LogP contribution is -2.15. The average molecular weight is 358 g/mol. The molecule has 2 aromatic carbocycles. The zero-order valence-electron chi connectivity index (χ0n) is 13.0. The molecular weight excluding hydrogens is 345 g/mol. The Balaban J connectivity index is 1.54. The highest BCUT2D eigenvalue weighted by molar-refractivity contribution is 6.31. The van der Waals surface area contributed by atoms with Crippen LogP contribution in [-0.4, -0.2) is 23.4 Å². The van der Waals surface area contributed by atoms with Crippen molar-refractivity contribution in [1.29, 1.82) is 0 Å². The Hall–Kier alpha value is -2.86. The first-order valence-corrected chi connectivity index (χ1v) is 8.03. The van der Waals surface area contributed by atoms with Gasteiger partial charge in [-0.2, -0.15) is 0 Å². The topological polar surface area (TPSA) is 56.3 Å². The lowest BCUT2D eigenvalue weighted by Gasteiger charge is -2.18. The number of ether oxygens (including phenoxy) is 2. The van der Waals surface area contributed by atoms with Gasteiger partial charge in [-0.25, -0.2) is 4.39 Å². The SMILES string of the molecule is Fc1ccc(Nc2ccc(-c3ccc4c(c3)OCCO4)nn2)cc1Cl. The largest absolute Gasteiger partial charge is 0.486 e. The van der Waals surface area contributed by atoms with E-state index in [9.17, 15) is 4.39 Å². The summed E-state index contributed by atoms with van der Waals surface area (Å²) in [4.78, 5) is 0. The number of nitrogens with one attached hydrogen (secondary N) is 1. The van der Waals surface area contributed by atoms with Crippen LogP contribution in [0.15, 0.2) is 48.5 Å². The first-order chi connectivity index (χ1) is 12.2. The molecule has 1 N–H and O–H groups in total. The highest BCUT2D eigenvalue weighted by atomic mass is 35.5. The Kier molecular flexibility index (Phi) is 4.11. The fourth-order valence-corrected chi connectivity index (χ4v) is 2.66. The van der Waals surface area contributed by atoms with Crippen molar-refractivity contribution >= 4 is 23.1 Å². The summed E-state index contributed by atoms with van der Waals surface area (Å²) in [5.41, 5.74) is 2.22. The van der Waals surface area contributed by atoms with Crippen LogP contribution in [0.4, 0.5) is 15.9 Å². The van der Waals surface area contributed by atoms with Gasteiger partial charge in [0.25, 0.3) is 0 Å². The number of fused-ring (bicyclic) bond motifs is 1. The van der Waals surface area contributed by atoms with E-state index in [4.69, 9.17) is 21.1 Å². The molecule has 0 fully saturated rings. The summed E-state index contributed by atoms with van der Waals surface area (Å²) in [7, 11) is 0. The van der Waals surface area contributed by atoms with Gasteiger partial charge in [-0.1, -0.05) is 11.6 Å².